The van der Waals surface area contributed by atoms with Crippen LogP contribution in [0.1, 0.15) is 102 Å². The van der Waals surface area contributed by atoms with Gasteiger partial charge in [-0.1, -0.05) is 124 Å². The van der Waals surface area contributed by atoms with E-state index in [1.807, 2.05) is 247 Å². The van der Waals surface area contributed by atoms with E-state index in [-0.39, 0.29) is 36.3 Å². The maximum Gasteiger partial charge on any atom is 0.251 e. The molecule has 1 aliphatic heterocycles. The van der Waals surface area contributed by atoms with Gasteiger partial charge in [0.1, 0.15) is 11.5 Å². The highest BCUT2D eigenvalue weighted by Gasteiger charge is 2.24. The van der Waals surface area contributed by atoms with Gasteiger partial charge in [-0.15, -0.1) is 25.5 Å². The van der Waals surface area contributed by atoms with Gasteiger partial charge in [0.2, 0.25) is 29.7 Å². The zero-order valence-electron chi connectivity index (χ0n) is 80.4. The quantitative estimate of drug-likeness (QED) is 0.0229. The second-order valence-electron chi connectivity index (χ2n) is 34.7. The van der Waals surface area contributed by atoms with Crippen molar-refractivity contribution in [2.75, 3.05) is 94.7 Å². The number of fused-ring (bicyclic) bond motifs is 5. The number of nitrogens with one attached hydrogen (secondary N) is 8. The van der Waals surface area contributed by atoms with Crippen LogP contribution in [-0.2, 0) is 17.9 Å². The van der Waals surface area contributed by atoms with Gasteiger partial charge in [0, 0.05) is 137 Å². The molecule has 0 spiro atoms. The number of aromatic nitrogens is 18. The Kier molecular flexibility index (Phi) is 31.6. The fourth-order valence-corrected chi connectivity index (χ4v) is 16.7. The summed E-state index contributed by atoms with van der Waals surface area (Å²) in [7, 11) is 6.90. The number of nitrogen functional groups attached to an aromatic ring is 1. The number of amides is 3. The van der Waals surface area contributed by atoms with Crippen LogP contribution in [0.25, 0.3) is 84.5 Å². The number of methoxy groups -OCH3 is 2. The number of ether oxygens (including phenoxy) is 3. The van der Waals surface area contributed by atoms with Crippen LogP contribution in [0.5, 0.6) is 11.5 Å². The molecule has 21 rings (SSSR count). The fraction of sp³-hybridized carbons (Fsp3) is 0.224. The van der Waals surface area contributed by atoms with Crippen LogP contribution in [-0.4, -0.2) is 195 Å². The third-order valence-electron chi connectivity index (χ3n) is 24.0. The van der Waals surface area contributed by atoms with E-state index in [1.165, 1.54) is 5.56 Å². The molecule has 1 aliphatic carbocycles. The minimum Gasteiger partial charge on any atom is -0.497 e. The Labute approximate surface area is 830 Å². The first kappa shape index (κ1) is 97.8. The lowest BCUT2D eigenvalue weighted by molar-refractivity contribution is 0.0383. The molecule has 11 N–H and O–H groups in total. The minimum absolute atomic E-state index is 0.0310. The predicted octanol–water partition coefficient (Wildman–Crippen LogP) is 17.8. The number of benzene rings is 7. The summed E-state index contributed by atoms with van der Waals surface area (Å²) in [5.74, 6) is 4.55. The van der Waals surface area contributed by atoms with Crippen molar-refractivity contribution in [3.05, 3.63) is 325 Å². The SMILES string of the molecule is CC(C)Cn1cc(-c2cccc3nc(N)nn23)cn1.CC(C)c1cccc(-c2cccc3nc(Nc4ccnc(CO)c4)nn23)c1.CNC(=O)c1ccc(Nc2nc3cccc(-c4cccc(OC)c4)n3n2)cc1.CNC1CCC(NC(=O)c2ccc(Nc3nc4cccc(-c5cccc(Cl)c5)n4n3)cc2)CC1.COc1cccc(-c2cccc3nc(Nc4ccc(C(=O)NCCN5CCOCC5)cc4)nn23)c1. The van der Waals surface area contributed by atoms with Crippen LogP contribution in [0.15, 0.2) is 292 Å². The van der Waals surface area contributed by atoms with Gasteiger partial charge in [0.25, 0.3) is 17.7 Å². The molecular weight excluding hydrogens is 1820 g/mol. The maximum atomic E-state index is 12.7. The topological polar surface area (TPSA) is 406 Å². The Bertz CT molecular complexity index is 7570. The number of aliphatic hydroxyl groups is 1. The number of carbonyl (C=O) groups is 3. The molecule has 728 valence electrons. The molecule has 36 heteroatoms. The summed E-state index contributed by atoms with van der Waals surface area (Å²) in [5, 5.41) is 61.9. The fourth-order valence-electron chi connectivity index (χ4n) is 16.6. The molecule has 1 saturated carbocycles. The average Bonchev–Trinajstić information content (AvgIpc) is 1.66. The van der Waals surface area contributed by atoms with Crippen LogP contribution in [0.4, 0.5) is 52.5 Å². The number of carbonyl (C=O) groups excluding carboxylic acids is 3. The predicted molar refractivity (Wildman–Crippen MR) is 558 cm³/mol. The molecule has 143 heavy (non-hydrogen) atoms. The molecule has 0 atom stereocenters. The monoisotopic (exact) mass is 1930 g/mol. The van der Waals surface area contributed by atoms with E-state index in [0.717, 1.165) is 184 Å². The third-order valence-corrected chi connectivity index (χ3v) is 24.2. The number of aliphatic hydroxyl groups excluding tert-OH is 1. The van der Waals surface area contributed by atoms with Crippen LogP contribution >= 0.6 is 11.6 Å². The normalized spacial score (nSPS) is 13.5. The molecule has 13 heterocycles. The van der Waals surface area contributed by atoms with Gasteiger partial charge in [-0.25, -0.2) is 22.6 Å². The largest absolute Gasteiger partial charge is 0.497 e. The van der Waals surface area contributed by atoms with Gasteiger partial charge in [-0.3, -0.25) is 28.9 Å². The van der Waals surface area contributed by atoms with Gasteiger partial charge >= 0.3 is 0 Å². The number of morpholine rings is 1. The van der Waals surface area contributed by atoms with Gasteiger partial charge in [0.15, 0.2) is 28.2 Å². The molecule has 0 bridgehead atoms. The molecule has 0 unspecified atom stereocenters. The first-order chi connectivity index (χ1) is 69.7. The molecule has 0 radical (unpaired) electrons. The number of pyridine rings is 6. The lowest BCUT2D eigenvalue weighted by atomic mass is 9.91. The molecular formula is C107H111ClN28O7. The van der Waals surface area contributed by atoms with Crippen molar-refractivity contribution < 1.29 is 33.7 Å². The molecule has 3 amide bonds. The Morgan fingerprint density at radius 3 is 1.34 bits per heavy atom. The Hall–Kier alpha value is -16.9. The van der Waals surface area contributed by atoms with Crippen molar-refractivity contribution in [1.82, 2.24) is 114 Å². The third kappa shape index (κ3) is 24.9. The number of nitrogens with two attached hydrogens (primary N) is 1. The number of halogens is 1. The second-order valence-corrected chi connectivity index (χ2v) is 35.2. The van der Waals surface area contributed by atoms with Crippen LogP contribution in [0, 0.1) is 5.92 Å². The number of hydrogen-bond acceptors (Lipinski definition) is 26. The number of hydrogen-bond donors (Lipinski definition) is 10. The molecule has 35 nitrogen and oxygen atoms in total. The smallest absolute Gasteiger partial charge is 0.251 e. The van der Waals surface area contributed by atoms with E-state index >= 15 is 0 Å². The summed E-state index contributed by atoms with van der Waals surface area (Å²) in [6.45, 7) is 14.3. The van der Waals surface area contributed by atoms with Gasteiger partial charge in [-0.05, 0) is 238 Å². The highest BCUT2D eigenvalue weighted by molar-refractivity contribution is 6.30. The van der Waals surface area contributed by atoms with Crippen molar-refractivity contribution in [1.29, 1.82) is 0 Å². The van der Waals surface area contributed by atoms with E-state index in [1.54, 1.807) is 75.9 Å². The molecule has 19 aromatic rings. The van der Waals surface area contributed by atoms with E-state index in [2.05, 4.69) is 160 Å². The van der Waals surface area contributed by atoms with E-state index in [9.17, 15) is 19.5 Å². The first-order valence-corrected chi connectivity index (χ1v) is 47.6. The van der Waals surface area contributed by atoms with Gasteiger partial charge < -0.3 is 67.6 Å². The van der Waals surface area contributed by atoms with Crippen molar-refractivity contribution >= 4 is 110 Å². The van der Waals surface area contributed by atoms with Crippen molar-refractivity contribution in [2.24, 2.45) is 5.92 Å². The summed E-state index contributed by atoms with van der Waals surface area (Å²) in [5.41, 5.74) is 25.9. The standard InChI is InChI=1S/C26H27ClN6O.C26H28N6O3.C21H19N5O2.C21H21N5O.C13H16N6/c1-28-20-12-14-21(15-13-20)29-25(34)17-8-10-22(11-9-17)30-26-31-24-7-3-6-23(33(24)32-26)18-4-2-5-19(27)16-18;1-34-22-5-2-4-20(18-22)23-6-3-7-24-29-26(30-32(23)24)28-21-10-8-19(9-11-21)25(33)27-12-13-31-14-16-35-17-15-31;1-22-20(27)14-9-11-16(12-10-14)23-21-24-19-8-4-7-18(26(19)25-21)15-5-3-6-17(13-15)28-2;1-14(2)15-5-3-6-16(11-15)19-7-4-8-20-24-21(25-26(19)20)23-17-9-10-22-18(12-17)13-27;1-9(2)7-18-8-10(6-15-18)11-4-3-5-12-16-13(14)17-19(11)12/h2-11,16,20-21,28H,12-15H2,1H3,(H,29,34)(H,30,32);2-11,18H,12-17H2,1H3,(H,27,33)(H,28,30);3-13H,1-2H3,(H,22,27)(H,23,25);3-12,14,27H,13H2,1-2H3,(H,22,23,25);3-6,8-9H,7H2,1-2H3,(H2,14,17). The first-order valence-electron chi connectivity index (χ1n) is 47.2. The summed E-state index contributed by atoms with van der Waals surface area (Å²) in [6.07, 6.45) is 9.71. The molecule has 7 aromatic carbocycles. The van der Waals surface area contributed by atoms with Crippen LogP contribution in [0.2, 0.25) is 5.02 Å². The number of anilines is 9. The lowest BCUT2D eigenvalue weighted by Gasteiger charge is -2.28. The minimum atomic E-state index is -0.125. The second kappa shape index (κ2) is 46.3. The van der Waals surface area contributed by atoms with E-state index in [0.29, 0.717) is 75.6 Å². The zero-order valence-corrected chi connectivity index (χ0v) is 81.1. The van der Waals surface area contributed by atoms with E-state index in [4.69, 9.17) is 31.5 Å². The zero-order chi connectivity index (χ0) is 99.2. The summed E-state index contributed by atoms with van der Waals surface area (Å²) >= 11 is 6.17. The van der Waals surface area contributed by atoms with Crippen molar-refractivity contribution in [3.63, 3.8) is 0 Å². The Morgan fingerprint density at radius 2 is 0.881 bits per heavy atom. The highest BCUT2D eigenvalue weighted by Crippen LogP contribution is 2.33. The molecule has 2 aliphatic rings. The molecule has 12 aromatic heterocycles. The van der Waals surface area contributed by atoms with Crippen molar-refractivity contribution in [2.45, 2.75) is 84.5 Å². The Morgan fingerprint density at radius 1 is 0.462 bits per heavy atom. The van der Waals surface area contributed by atoms with E-state index < -0.39 is 0 Å². The maximum absolute atomic E-state index is 12.7. The van der Waals surface area contributed by atoms with Crippen LogP contribution < -0.4 is 57.7 Å². The van der Waals surface area contributed by atoms with Gasteiger partial charge in [-0.2, -0.15) is 30.0 Å². The highest BCUT2D eigenvalue weighted by atomic mass is 35.5. The average molecular weight is 1940 g/mol. The summed E-state index contributed by atoms with van der Waals surface area (Å²) in [6, 6.07) is 87.3. The van der Waals surface area contributed by atoms with Crippen LogP contribution in [0.3, 0.4) is 0 Å². The summed E-state index contributed by atoms with van der Waals surface area (Å²) < 4.78 is 26.9. The Balaban J connectivity index is 0.000000124. The number of rotatable bonds is 27. The van der Waals surface area contributed by atoms with Crippen molar-refractivity contribution in [3.8, 4) is 67.8 Å². The molecule has 1 saturated heterocycles. The molecule has 2 fully saturated rings. The van der Waals surface area contributed by atoms with Gasteiger partial charge in [0.05, 0.1) is 74.4 Å². The lowest BCUT2D eigenvalue weighted by Crippen LogP contribution is -2.41. The number of nitrogens with zero attached hydrogens (tertiary/aromatic N) is 19. The summed E-state index contributed by atoms with van der Waals surface area (Å²) in [4.78, 5) is 65.6.